The highest BCUT2D eigenvalue weighted by Gasteiger charge is 2.12. The third kappa shape index (κ3) is 2.65. The molecule has 14 heavy (non-hydrogen) atoms. The van der Waals surface area contributed by atoms with Crippen LogP contribution in [0, 0.1) is 12.3 Å². The Kier molecular flexibility index (Phi) is 3.38. The van der Waals surface area contributed by atoms with Gasteiger partial charge in [-0.05, 0) is 32.9 Å². The normalized spacial score (nSPS) is 11.3. The van der Waals surface area contributed by atoms with Crippen molar-refractivity contribution >= 4 is 0 Å². The van der Waals surface area contributed by atoms with Crippen LogP contribution in [-0.4, -0.2) is 10.1 Å². The van der Waals surface area contributed by atoms with Crippen LogP contribution in [0.1, 0.15) is 26.5 Å². The molecule has 0 aliphatic heterocycles. The fourth-order valence-electron chi connectivity index (χ4n) is 1.28. The topological polar surface area (TPSA) is 17.0 Å². The quantitative estimate of drug-likeness (QED) is 0.719. The number of terminal acetylenes is 1. The number of aryl methyl sites for hydroxylation is 1. The average Bonchev–Trinajstić information content (AvgIpc) is 2.62. The van der Waals surface area contributed by atoms with Gasteiger partial charge in [0, 0.05) is 25.0 Å². The smallest absolute Gasteiger partial charge is 0.0744 e. The minimum Gasteiger partial charge on any atom is -0.351 e. The predicted octanol–water partition coefficient (Wildman–Crippen LogP) is 2.01. The standard InChI is InChI=1S/C12H18N2/c1-5-12(3,4)13-10-11-8-7-9-14(11)6-2/h1,7-9,13H,6,10H2,2-4H3. The molecule has 1 rings (SSSR count). The van der Waals surface area contributed by atoms with Gasteiger partial charge in [-0.2, -0.15) is 0 Å². The summed E-state index contributed by atoms with van der Waals surface area (Å²) in [6, 6.07) is 4.17. The summed E-state index contributed by atoms with van der Waals surface area (Å²) in [4.78, 5) is 0. The molecule has 1 aromatic heterocycles. The molecule has 0 atom stereocenters. The van der Waals surface area contributed by atoms with Gasteiger partial charge in [-0.1, -0.05) is 5.92 Å². The maximum atomic E-state index is 5.40. The summed E-state index contributed by atoms with van der Waals surface area (Å²) in [5.41, 5.74) is 1.04. The van der Waals surface area contributed by atoms with Crippen molar-refractivity contribution in [2.45, 2.75) is 39.4 Å². The van der Waals surface area contributed by atoms with Crippen molar-refractivity contribution in [1.82, 2.24) is 9.88 Å². The van der Waals surface area contributed by atoms with Crippen LogP contribution in [-0.2, 0) is 13.1 Å². The Morgan fingerprint density at radius 1 is 1.57 bits per heavy atom. The van der Waals surface area contributed by atoms with E-state index in [2.05, 4.69) is 41.1 Å². The minimum atomic E-state index is -0.233. The predicted molar refractivity (Wildman–Crippen MR) is 59.9 cm³/mol. The molecule has 1 N–H and O–H groups in total. The maximum absolute atomic E-state index is 5.40. The molecule has 0 unspecified atom stereocenters. The van der Waals surface area contributed by atoms with Crippen LogP contribution in [0.15, 0.2) is 18.3 Å². The Hall–Kier alpha value is -1.20. The Morgan fingerprint density at radius 3 is 2.86 bits per heavy atom. The molecule has 2 nitrogen and oxygen atoms in total. The third-order valence-corrected chi connectivity index (χ3v) is 2.34. The monoisotopic (exact) mass is 190 g/mol. The van der Waals surface area contributed by atoms with E-state index in [9.17, 15) is 0 Å². The van der Waals surface area contributed by atoms with Gasteiger partial charge in [0.15, 0.2) is 0 Å². The largest absolute Gasteiger partial charge is 0.351 e. The van der Waals surface area contributed by atoms with Crippen molar-refractivity contribution in [2.24, 2.45) is 0 Å². The molecule has 76 valence electrons. The van der Waals surface area contributed by atoms with Crippen LogP contribution in [0.4, 0.5) is 0 Å². The molecule has 0 amide bonds. The maximum Gasteiger partial charge on any atom is 0.0744 e. The lowest BCUT2D eigenvalue weighted by atomic mass is 10.1. The SMILES string of the molecule is C#CC(C)(C)NCc1cccn1CC. The van der Waals surface area contributed by atoms with Crippen LogP contribution in [0.25, 0.3) is 0 Å². The molecule has 0 aromatic carbocycles. The van der Waals surface area contributed by atoms with E-state index in [1.165, 1.54) is 5.69 Å². The fourth-order valence-corrected chi connectivity index (χ4v) is 1.28. The molecule has 1 heterocycles. The van der Waals surface area contributed by atoms with Crippen molar-refractivity contribution in [1.29, 1.82) is 0 Å². The summed E-state index contributed by atoms with van der Waals surface area (Å²) in [6.45, 7) is 7.97. The highest BCUT2D eigenvalue weighted by molar-refractivity contribution is 5.11. The van der Waals surface area contributed by atoms with E-state index in [1.54, 1.807) is 0 Å². The van der Waals surface area contributed by atoms with Crippen LogP contribution < -0.4 is 5.32 Å². The lowest BCUT2D eigenvalue weighted by Gasteiger charge is -2.20. The minimum absolute atomic E-state index is 0.233. The van der Waals surface area contributed by atoms with Crippen molar-refractivity contribution in [3.8, 4) is 12.3 Å². The van der Waals surface area contributed by atoms with Crippen molar-refractivity contribution in [2.75, 3.05) is 0 Å². The van der Waals surface area contributed by atoms with E-state index < -0.39 is 0 Å². The van der Waals surface area contributed by atoms with Crippen molar-refractivity contribution < 1.29 is 0 Å². The van der Waals surface area contributed by atoms with Gasteiger partial charge < -0.3 is 4.57 Å². The second-order valence-electron chi connectivity index (χ2n) is 3.91. The number of hydrogen-bond donors (Lipinski definition) is 1. The van der Waals surface area contributed by atoms with E-state index in [-0.39, 0.29) is 5.54 Å². The fraction of sp³-hybridized carbons (Fsp3) is 0.500. The summed E-state index contributed by atoms with van der Waals surface area (Å²) in [7, 11) is 0. The van der Waals surface area contributed by atoms with Gasteiger partial charge in [-0.15, -0.1) is 6.42 Å². The molecule has 0 fully saturated rings. The second kappa shape index (κ2) is 4.34. The highest BCUT2D eigenvalue weighted by atomic mass is 15.0. The lowest BCUT2D eigenvalue weighted by Crippen LogP contribution is -2.37. The summed E-state index contributed by atoms with van der Waals surface area (Å²) >= 11 is 0. The first-order valence-corrected chi connectivity index (χ1v) is 4.96. The van der Waals surface area contributed by atoms with Gasteiger partial charge in [-0.3, -0.25) is 5.32 Å². The van der Waals surface area contributed by atoms with Crippen LogP contribution >= 0.6 is 0 Å². The summed E-state index contributed by atoms with van der Waals surface area (Å²) < 4.78 is 2.21. The molecule has 2 heteroatoms. The third-order valence-electron chi connectivity index (χ3n) is 2.34. The first-order chi connectivity index (χ1) is 6.59. The number of aromatic nitrogens is 1. The van der Waals surface area contributed by atoms with Crippen molar-refractivity contribution in [3.63, 3.8) is 0 Å². The Labute approximate surface area is 86.3 Å². The van der Waals surface area contributed by atoms with Crippen LogP contribution in [0.5, 0.6) is 0 Å². The van der Waals surface area contributed by atoms with Gasteiger partial charge in [0.25, 0.3) is 0 Å². The van der Waals surface area contributed by atoms with E-state index in [0.29, 0.717) is 0 Å². The zero-order chi connectivity index (χ0) is 10.6. The molecular formula is C12H18N2. The number of rotatable bonds is 4. The number of nitrogens with one attached hydrogen (secondary N) is 1. The number of nitrogens with zero attached hydrogens (tertiary/aromatic N) is 1. The molecule has 1 aromatic rings. The first kappa shape index (κ1) is 10.9. The van der Waals surface area contributed by atoms with E-state index in [4.69, 9.17) is 6.42 Å². The first-order valence-electron chi connectivity index (χ1n) is 4.96. The van der Waals surface area contributed by atoms with E-state index in [1.807, 2.05) is 13.8 Å². The van der Waals surface area contributed by atoms with E-state index >= 15 is 0 Å². The molecule has 0 radical (unpaired) electrons. The molecule has 0 saturated heterocycles. The van der Waals surface area contributed by atoms with Crippen molar-refractivity contribution in [3.05, 3.63) is 24.0 Å². The average molecular weight is 190 g/mol. The highest BCUT2D eigenvalue weighted by Crippen LogP contribution is 2.05. The Morgan fingerprint density at radius 2 is 2.29 bits per heavy atom. The summed E-state index contributed by atoms with van der Waals surface area (Å²) in [5, 5.41) is 3.33. The zero-order valence-corrected chi connectivity index (χ0v) is 9.17. The van der Waals surface area contributed by atoms with Gasteiger partial charge in [0.1, 0.15) is 0 Å². The van der Waals surface area contributed by atoms with Gasteiger partial charge in [0.2, 0.25) is 0 Å². The zero-order valence-electron chi connectivity index (χ0n) is 9.17. The van der Waals surface area contributed by atoms with Crippen LogP contribution in [0.3, 0.4) is 0 Å². The van der Waals surface area contributed by atoms with Gasteiger partial charge in [0.05, 0.1) is 5.54 Å². The Balaban J connectivity index is 2.59. The summed E-state index contributed by atoms with van der Waals surface area (Å²) in [6.07, 6.45) is 7.48. The molecule has 0 bridgehead atoms. The van der Waals surface area contributed by atoms with Gasteiger partial charge >= 0.3 is 0 Å². The van der Waals surface area contributed by atoms with Crippen LogP contribution in [0.2, 0.25) is 0 Å². The molecule has 0 aliphatic rings. The molecular weight excluding hydrogens is 172 g/mol. The molecule has 0 spiro atoms. The second-order valence-corrected chi connectivity index (χ2v) is 3.91. The molecule has 0 saturated carbocycles. The summed E-state index contributed by atoms with van der Waals surface area (Å²) in [5.74, 6) is 2.72. The number of hydrogen-bond acceptors (Lipinski definition) is 1. The Bertz CT molecular complexity index is 328. The lowest BCUT2D eigenvalue weighted by molar-refractivity contribution is 0.478. The van der Waals surface area contributed by atoms with E-state index in [0.717, 1.165) is 13.1 Å². The molecule has 0 aliphatic carbocycles. The van der Waals surface area contributed by atoms with Gasteiger partial charge in [-0.25, -0.2) is 0 Å².